The lowest BCUT2D eigenvalue weighted by Crippen LogP contribution is -2.35. The van der Waals surface area contributed by atoms with Gasteiger partial charge in [-0.2, -0.15) is 5.10 Å². The molecule has 0 unspecified atom stereocenters. The van der Waals surface area contributed by atoms with Crippen LogP contribution < -0.4 is 15.4 Å². The maximum atomic E-state index is 12.2. The molecule has 2 N–H and O–H groups in total. The summed E-state index contributed by atoms with van der Waals surface area (Å²) in [7, 11) is 0. The molecule has 0 radical (unpaired) electrons. The predicted octanol–water partition coefficient (Wildman–Crippen LogP) is 5.64. The number of ether oxygens (including phenoxy) is 1. The van der Waals surface area contributed by atoms with Crippen molar-refractivity contribution in [2.45, 2.75) is 13.3 Å². The highest BCUT2D eigenvalue weighted by atomic mass is 32.1. The summed E-state index contributed by atoms with van der Waals surface area (Å²) >= 11 is 6.85. The molecule has 7 nitrogen and oxygen atoms in total. The number of hydrogen-bond acceptors (Lipinski definition) is 6. The van der Waals surface area contributed by atoms with Crippen molar-refractivity contribution in [3.05, 3.63) is 96.4 Å². The van der Waals surface area contributed by atoms with Crippen molar-refractivity contribution in [2.24, 2.45) is 0 Å². The Hall–Kier alpha value is -4.08. The third-order valence-corrected chi connectivity index (χ3v) is 6.43. The van der Waals surface area contributed by atoms with Crippen LogP contribution in [0.4, 0.5) is 5.69 Å². The topological polar surface area (TPSA) is 81.1 Å². The minimum Gasteiger partial charge on any atom is -0.456 e. The third-order valence-electron chi connectivity index (χ3n) is 5.10. The summed E-state index contributed by atoms with van der Waals surface area (Å²) < 4.78 is 8.93. The highest BCUT2D eigenvalue weighted by Gasteiger charge is 2.12. The number of aryl methyl sites for hydroxylation is 1. The summed E-state index contributed by atoms with van der Waals surface area (Å²) in [5, 5.41) is 11.3. The second kappa shape index (κ2) is 10.0. The fraction of sp³-hybridized carbons (Fsp3) is 0.0769. The van der Waals surface area contributed by atoms with E-state index >= 15 is 0 Å². The molecule has 0 spiro atoms. The van der Waals surface area contributed by atoms with Crippen LogP contribution >= 0.6 is 23.6 Å². The summed E-state index contributed by atoms with van der Waals surface area (Å²) in [6.07, 6.45) is 5.80. The Morgan fingerprint density at radius 2 is 1.91 bits per heavy atom. The Morgan fingerprint density at radius 1 is 1.11 bits per heavy atom. The number of thiophene rings is 1. The first-order valence-electron chi connectivity index (χ1n) is 10.9. The average Bonchev–Trinajstić information content (AvgIpc) is 3.47. The molecule has 0 aliphatic rings. The molecule has 0 atom stereocenters. The highest BCUT2D eigenvalue weighted by Crippen LogP contribution is 2.36. The van der Waals surface area contributed by atoms with Crippen LogP contribution in [0.2, 0.25) is 0 Å². The molecule has 0 saturated carbocycles. The van der Waals surface area contributed by atoms with Gasteiger partial charge in [0.15, 0.2) is 5.11 Å². The van der Waals surface area contributed by atoms with Gasteiger partial charge in [0.1, 0.15) is 16.5 Å². The van der Waals surface area contributed by atoms with Crippen molar-refractivity contribution in [1.29, 1.82) is 0 Å². The van der Waals surface area contributed by atoms with E-state index in [9.17, 15) is 4.79 Å². The number of fused-ring (bicyclic) bond motifs is 1. The van der Waals surface area contributed by atoms with Crippen LogP contribution in [0.25, 0.3) is 15.2 Å². The van der Waals surface area contributed by atoms with E-state index in [4.69, 9.17) is 17.0 Å². The molecule has 0 bridgehead atoms. The van der Waals surface area contributed by atoms with Crippen LogP contribution in [0.5, 0.6) is 11.5 Å². The molecule has 5 aromatic rings. The lowest BCUT2D eigenvalue weighted by atomic mass is 10.1. The van der Waals surface area contributed by atoms with Gasteiger partial charge in [-0.3, -0.25) is 9.78 Å². The number of amides is 1. The number of nitrogens with zero attached hydrogens (tertiary/aromatic N) is 3. The number of carbonyl (C=O) groups excluding carboxylic acids is 1. The minimum atomic E-state index is -0.170. The molecular weight excluding hydrogens is 478 g/mol. The molecule has 3 aromatic heterocycles. The molecule has 1 amide bonds. The molecular formula is C26H21N5O2S2. The van der Waals surface area contributed by atoms with E-state index in [0.717, 1.165) is 37.8 Å². The van der Waals surface area contributed by atoms with Gasteiger partial charge in [-0.1, -0.05) is 30.3 Å². The first kappa shape index (κ1) is 22.7. The summed E-state index contributed by atoms with van der Waals surface area (Å²) in [4.78, 5) is 16.7. The van der Waals surface area contributed by atoms with Crippen molar-refractivity contribution in [3.63, 3.8) is 0 Å². The summed E-state index contributed by atoms with van der Waals surface area (Å²) in [5.41, 5.74) is 3.62. The fourth-order valence-electron chi connectivity index (χ4n) is 3.48. The molecule has 5 rings (SSSR count). The molecule has 3 heterocycles. The van der Waals surface area contributed by atoms with E-state index in [0.29, 0.717) is 5.75 Å². The van der Waals surface area contributed by atoms with E-state index < -0.39 is 0 Å². The number of nitrogens with one attached hydrogen (secondary N) is 2. The Balaban J connectivity index is 1.22. The predicted molar refractivity (Wildman–Crippen MR) is 143 cm³/mol. The quantitative estimate of drug-likeness (QED) is 0.294. The van der Waals surface area contributed by atoms with Crippen LogP contribution in [-0.2, 0) is 11.2 Å². The normalized spacial score (nSPS) is 10.8. The monoisotopic (exact) mass is 499 g/mol. The summed E-state index contributed by atoms with van der Waals surface area (Å²) in [6.45, 7) is 2.01. The molecule has 0 aliphatic carbocycles. The van der Waals surface area contributed by atoms with Crippen molar-refractivity contribution < 1.29 is 9.53 Å². The zero-order chi connectivity index (χ0) is 24.2. The average molecular weight is 500 g/mol. The van der Waals surface area contributed by atoms with Gasteiger partial charge in [0, 0.05) is 30.2 Å². The first-order valence-corrected chi connectivity index (χ1v) is 12.1. The van der Waals surface area contributed by atoms with E-state index in [1.807, 2.05) is 90.7 Å². The number of pyridine rings is 1. The van der Waals surface area contributed by atoms with E-state index in [1.54, 1.807) is 17.5 Å². The largest absolute Gasteiger partial charge is 0.456 e. The first-order chi connectivity index (χ1) is 17.0. The van der Waals surface area contributed by atoms with Gasteiger partial charge < -0.3 is 15.4 Å². The fourth-order valence-corrected chi connectivity index (χ4v) is 4.71. The van der Waals surface area contributed by atoms with Gasteiger partial charge in [0.25, 0.3) is 0 Å². The van der Waals surface area contributed by atoms with Crippen LogP contribution in [0, 0.1) is 6.92 Å². The molecule has 0 saturated heterocycles. The van der Waals surface area contributed by atoms with Gasteiger partial charge in [-0.15, -0.1) is 11.3 Å². The number of aromatic nitrogens is 3. The molecule has 0 aliphatic heterocycles. The maximum Gasteiger partial charge on any atom is 0.230 e. The number of rotatable bonds is 6. The maximum absolute atomic E-state index is 12.2. The Labute approximate surface area is 211 Å². The van der Waals surface area contributed by atoms with Gasteiger partial charge in [-0.05, 0) is 54.5 Å². The molecule has 0 fully saturated rings. The second-order valence-electron chi connectivity index (χ2n) is 7.86. The molecule has 35 heavy (non-hydrogen) atoms. The van der Waals surface area contributed by atoms with Gasteiger partial charge in [0.2, 0.25) is 5.91 Å². The SMILES string of the molecule is Cc1cnn(-c2cc3nccc(Oc4ccc(NC(=S)NC(=O)Cc5ccccc5)cc4)c3s2)c1. The standard InChI is InChI=1S/C26H21N5O2S2/c1-17-15-28-31(16-17)24-14-21-25(35-24)22(11-12-27-21)33-20-9-7-19(8-10-20)29-26(34)30-23(32)13-18-5-3-2-4-6-18/h2-12,14-16H,13H2,1H3,(H2,29,30,32,34). The summed E-state index contributed by atoms with van der Waals surface area (Å²) in [5.74, 6) is 1.22. The van der Waals surface area contributed by atoms with Gasteiger partial charge in [-0.25, -0.2) is 4.68 Å². The van der Waals surface area contributed by atoms with Gasteiger partial charge >= 0.3 is 0 Å². The lowest BCUT2D eigenvalue weighted by Gasteiger charge is -2.11. The van der Waals surface area contributed by atoms with Crippen molar-refractivity contribution in [2.75, 3.05) is 5.32 Å². The Morgan fingerprint density at radius 3 is 2.66 bits per heavy atom. The second-order valence-corrected chi connectivity index (χ2v) is 9.30. The smallest absolute Gasteiger partial charge is 0.230 e. The van der Waals surface area contributed by atoms with E-state index in [-0.39, 0.29) is 17.4 Å². The Kier molecular flexibility index (Phi) is 6.51. The van der Waals surface area contributed by atoms with Gasteiger partial charge in [0.05, 0.1) is 22.8 Å². The van der Waals surface area contributed by atoms with E-state index in [2.05, 4.69) is 20.7 Å². The number of thiocarbonyl (C=S) groups is 1. The van der Waals surface area contributed by atoms with Crippen molar-refractivity contribution >= 4 is 50.5 Å². The molecule has 9 heteroatoms. The number of anilines is 1. The van der Waals surface area contributed by atoms with Crippen LogP contribution in [0.3, 0.4) is 0 Å². The number of benzene rings is 2. The lowest BCUT2D eigenvalue weighted by molar-refractivity contribution is -0.119. The number of hydrogen-bond donors (Lipinski definition) is 2. The summed E-state index contributed by atoms with van der Waals surface area (Å²) in [6, 6.07) is 20.7. The molecule has 2 aromatic carbocycles. The zero-order valence-corrected chi connectivity index (χ0v) is 20.4. The zero-order valence-electron chi connectivity index (χ0n) is 18.8. The van der Waals surface area contributed by atoms with Crippen LogP contribution in [0.15, 0.2) is 85.3 Å². The van der Waals surface area contributed by atoms with Crippen LogP contribution in [0.1, 0.15) is 11.1 Å². The minimum absolute atomic E-state index is 0.170. The third kappa shape index (κ3) is 5.53. The van der Waals surface area contributed by atoms with Crippen molar-refractivity contribution in [1.82, 2.24) is 20.1 Å². The van der Waals surface area contributed by atoms with E-state index in [1.165, 1.54) is 0 Å². The molecule has 174 valence electrons. The highest BCUT2D eigenvalue weighted by molar-refractivity contribution is 7.80. The number of carbonyl (C=O) groups is 1. The van der Waals surface area contributed by atoms with Crippen LogP contribution in [-0.4, -0.2) is 25.8 Å². The Bertz CT molecular complexity index is 1490. The van der Waals surface area contributed by atoms with Crippen molar-refractivity contribution in [3.8, 4) is 16.5 Å².